The molecule has 2 aliphatic carbocycles. The van der Waals surface area contributed by atoms with Crippen LogP contribution in [0.4, 0.5) is 0 Å². The van der Waals surface area contributed by atoms with Crippen LogP contribution in [0, 0.1) is 23.2 Å². The summed E-state index contributed by atoms with van der Waals surface area (Å²) in [4.78, 5) is 11.0. The van der Waals surface area contributed by atoms with Crippen molar-refractivity contribution in [1.82, 2.24) is 0 Å². The van der Waals surface area contributed by atoms with Crippen LogP contribution in [0.3, 0.4) is 0 Å². The lowest BCUT2D eigenvalue weighted by molar-refractivity contribution is -0.148. The molecule has 0 spiro atoms. The van der Waals surface area contributed by atoms with Crippen LogP contribution < -0.4 is 0 Å². The quantitative estimate of drug-likeness (QED) is 0.668. The summed E-state index contributed by atoms with van der Waals surface area (Å²) >= 11 is 0. The van der Waals surface area contributed by atoms with Crippen LogP contribution >= 0.6 is 0 Å². The molecular weight excluding hydrogens is 248 g/mol. The van der Waals surface area contributed by atoms with Gasteiger partial charge in [-0.2, -0.15) is 0 Å². The van der Waals surface area contributed by atoms with Crippen LogP contribution in [0.25, 0.3) is 0 Å². The first-order chi connectivity index (χ1) is 9.36. The minimum Gasteiger partial charge on any atom is -0.463 e. The topological polar surface area (TPSA) is 26.3 Å². The summed E-state index contributed by atoms with van der Waals surface area (Å²) in [5, 5.41) is 0. The maximum Gasteiger partial charge on any atom is 0.302 e. The van der Waals surface area contributed by atoms with E-state index in [1.54, 1.807) is 0 Å². The zero-order valence-corrected chi connectivity index (χ0v) is 13.8. The predicted octanol–water partition coefficient (Wildman–Crippen LogP) is 4.96. The summed E-state index contributed by atoms with van der Waals surface area (Å²) in [6.07, 6.45) is 10.6. The average molecular weight is 280 g/mol. The standard InChI is InChI=1S/C18H32O2/c1-13(19)20-17-11-7-15(8-12-17)14-5-9-16(10-6-14)18(2,3)4/h14-17H,5-12H2,1-4H3. The summed E-state index contributed by atoms with van der Waals surface area (Å²) in [5.41, 5.74) is 0.484. The lowest BCUT2D eigenvalue weighted by atomic mass is 9.65. The Balaban J connectivity index is 1.74. The molecule has 0 unspecified atom stereocenters. The molecular formula is C18H32O2. The number of hydrogen-bond donors (Lipinski definition) is 0. The smallest absolute Gasteiger partial charge is 0.302 e. The van der Waals surface area contributed by atoms with Gasteiger partial charge in [0.05, 0.1) is 0 Å². The zero-order valence-electron chi connectivity index (χ0n) is 13.8. The Hall–Kier alpha value is -0.530. The fraction of sp³-hybridized carbons (Fsp3) is 0.944. The average Bonchev–Trinajstić information content (AvgIpc) is 2.38. The minimum atomic E-state index is -0.112. The van der Waals surface area contributed by atoms with Gasteiger partial charge in [0.15, 0.2) is 0 Å². The third kappa shape index (κ3) is 4.23. The molecule has 2 rings (SSSR count). The van der Waals surface area contributed by atoms with E-state index in [0.29, 0.717) is 5.41 Å². The third-order valence-corrected chi connectivity index (χ3v) is 5.71. The predicted molar refractivity (Wildman–Crippen MR) is 82.4 cm³/mol. The van der Waals surface area contributed by atoms with E-state index in [9.17, 15) is 4.79 Å². The molecule has 2 saturated carbocycles. The first-order valence-electron chi connectivity index (χ1n) is 8.53. The number of ether oxygens (including phenoxy) is 1. The lowest BCUT2D eigenvalue weighted by Gasteiger charge is -2.41. The van der Waals surface area contributed by atoms with E-state index in [2.05, 4.69) is 20.8 Å². The molecule has 0 amide bonds. The van der Waals surface area contributed by atoms with Gasteiger partial charge in [-0.3, -0.25) is 4.79 Å². The highest BCUT2D eigenvalue weighted by Gasteiger charge is 2.34. The van der Waals surface area contributed by atoms with E-state index < -0.39 is 0 Å². The van der Waals surface area contributed by atoms with Crippen molar-refractivity contribution in [2.75, 3.05) is 0 Å². The van der Waals surface area contributed by atoms with E-state index in [-0.39, 0.29) is 12.1 Å². The fourth-order valence-electron chi connectivity index (χ4n) is 4.37. The van der Waals surface area contributed by atoms with Gasteiger partial charge in [0.2, 0.25) is 0 Å². The molecule has 0 aromatic carbocycles. The van der Waals surface area contributed by atoms with Crippen molar-refractivity contribution >= 4 is 5.97 Å². The molecule has 0 N–H and O–H groups in total. The summed E-state index contributed by atoms with van der Waals surface area (Å²) in [6, 6.07) is 0. The highest BCUT2D eigenvalue weighted by molar-refractivity contribution is 5.66. The summed E-state index contributed by atoms with van der Waals surface area (Å²) in [7, 11) is 0. The van der Waals surface area contributed by atoms with Crippen molar-refractivity contribution in [1.29, 1.82) is 0 Å². The molecule has 0 radical (unpaired) electrons. The van der Waals surface area contributed by atoms with Gasteiger partial charge >= 0.3 is 5.97 Å². The normalized spacial score (nSPS) is 35.6. The Kier molecular flexibility index (Phi) is 5.14. The summed E-state index contributed by atoms with van der Waals surface area (Å²) in [5.74, 6) is 2.63. The summed E-state index contributed by atoms with van der Waals surface area (Å²) in [6.45, 7) is 8.70. The second kappa shape index (κ2) is 6.49. The number of hydrogen-bond acceptors (Lipinski definition) is 2. The molecule has 0 bridgehead atoms. The van der Waals surface area contributed by atoms with Crippen LogP contribution in [0.2, 0.25) is 0 Å². The van der Waals surface area contributed by atoms with Crippen molar-refractivity contribution in [3.63, 3.8) is 0 Å². The van der Waals surface area contributed by atoms with E-state index in [0.717, 1.165) is 30.6 Å². The molecule has 2 heteroatoms. The van der Waals surface area contributed by atoms with E-state index >= 15 is 0 Å². The number of esters is 1. The maximum atomic E-state index is 11.0. The zero-order chi connectivity index (χ0) is 14.8. The lowest BCUT2D eigenvalue weighted by Crippen LogP contribution is -2.32. The molecule has 2 fully saturated rings. The van der Waals surface area contributed by atoms with Gasteiger partial charge in [-0.05, 0) is 74.5 Å². The molecule has 0 heterocycles. The third-order valence-electron chi connectivity index (χ3n) is 5.71. The molecule has 0 aromatic heterocycles. The van der Waals surface area contributed by atoms with Crippen molar-refractivity contribution in [3.8, 4) is 0 Å². The Morgan fingerprint density at radius 2 is 1.30 bits per heavy atom. The van der Waals surface area contributed by atoms with Gasteiger partial charge in [-0.25, -0.2) is 0 Å². The molecule has 20 heavy (non-hydrogen) atoms. The van der Waals surface area contributed by atoms with Crippen LogP contribution in [-0.2, 0) is 9.53 Å². The number of rotatable bonds is 2. The van der Waals surface area contributed by atoms with Crippen LogP contribution in [0.15, 0.2) is 0 Å². The van der Waals surface area contributed by atoms with Crippen molar-refractivity contribution < 1.29 is 9.53 Å². The van der Waals surface area contributed by atoms with E-state index in [1.807, 2.05) is 0 Å². The SMILES string of the molecule is CC(=O)OC1CCC(C2CCC(C(C)(C)C)CC2)CC1. The molecule has 116 valence electrons. The largest absolute Gasteiger partial charge is 0.463 e. The Labute approximate surface area is 124 Å². The molecule has 0 atom stereocenters. The second-order valence-corrected chi connectivity index (χ2v) is 8.12. The first kappa shape index (κ1) is 15.9. The van der Waals surface area contributed by atoms with Gasteiger partial charge in [-0.1, -0.05) is 20.8 Å². The minimum absolute atomic E-state index is 0.112. The Morgan fingerprint density at radius 3 is 1.70 bits per heavy atom. The highest BCUT2D eigenvalue weighted by atomic mass is 16.5. The van der Waals surface area contributed by atoms with Crippen molar-refractivity contribution in [2.24, 2.45) is 23.2 Å². The van der Waals surface area contributed by atoms with Crippen LogP contribution in [0.1, 0.15) is 79.1 Å². The van der Waals surface area contributed by atoms with Gasteiger partial charge in [0, 0.05) is 6.92 Å². The van der Waals surface area contributed by atoms with Gasteiger partial charge in [0.1, 0.15) is 6.10 Å². The monoisotopic (exact) mass is 280 g/mol. The van der Waals surface area contributed by atoms with E-state index in [1.165, 1.54) is 45.4 Å². The molecule has 0 saturated heterocycles. The molecule has 2 nitrogen and oxygen atoms in total. The van der Waals surface area contributed by atoms with Crippen molar-refractivity contribution in [2.45, 2.75) is 85.2 Å². The van der Waals surface area contributed by atoms with Gasteiger partial charge in [-0.15, -0.1) is 0 Å². The van der Waals surface area contributed by atoms with Gasteiger partial charge < -0.3 is 4.74 Å². The van der Waals surface area contributed by atoms with Crippen LogP contribution in [-0.4, -0.2) is 12.1 Å². The Bertz CT molecular complexity index is 313. The Morgan fingerprint density at radius 1 is 0.850 bits per heavy atom. The second-order valence-electron chi connectivity index (χ2n) is 8.12. The van der Waals surface area contributed by atoms with E-state index in [4.69, 9.17) is 4.74 Å². The molecule has 0 aromatic rings. The number of carbonyl (C=O) groups is 1. The maximum absolute atomic E-state index is 11.0. The summed E-state index contributed by atoms with van der Waals surface area (Å²) < 4.78 is 5.35. The van der Waals surface area contributed by atoms with Crippen molar-refractivity contribution in [3.05, 3.63) is 0 Å². The number of carbonyl (C=O) groups excluding carboxylic acids is 1. The van der Waals surface area contributed by atoms with Crippen LogP contribution in [0.5, 0.6) is 0 Å². The van der Waals surface area contributed by atoms with Gasteiger partial charge in [0.25, 0.3) is 0 Å². The molecule has 0 aliphatic heterocycles. The highest BCUT2D eigenvalue weighted by Crippen LogP contribution is 2.45. The first-order valence-corrected chi connectivity index (χ1v) is 8.53. The molecule has 2 aliphatic rings. The fourth-order valence-corrected chi connectivity index (χ4v) is 4.37.